The Labute approximate surface area is 94.4 Å². The van der Waals surface area contributed by atoms with Gasteiger partial charge in [0.25, 0.3) is 0 Å². The van der Waals surface area contributed by atoms with E-state index >= 15 is 0 Å². The van der Waals surface area contributed by atoms with E-state index in [9.17, 15) is 9.59 Å². The van der Waals surface area contributed by atoms with Gasteiger partial charge >= 0.3 is 5.97 Å². The fraction of sp³-hybridized carbons (Fsp3) is 0.111. The molecule has 0 fully saturated rings. The molecule has 4 N–H and O–H groups in total. The second-order valence-corrected chi connectivity index (χ2v) is 3.73. The van der Waals surface area contributed by atoms with Gasteiger partial charge in [0, 0.05) is 10.2 Å². The summed E-state index contributed by atoms with van der Waals surface area (Å²) in [6, 6.07) is 4.69. The van der Waals surface area contributed by atoms with Gasteiger partial charge in [-0.3, -0.25) is 4.79 Å². The van der Waals surface area contributed by atoms with Crippen molar-refractivity contribution in [1.82, 2.24) is 0 Å². The molecule has 1 rings (SSSR count). The molecule has 0 aliphatic rings. The van der Waals surface area contributed by atoms with Crippen LogP contribution in [0.5, 0.6) is 0 Å². The van der Waals surface area contributed by atoms with Crippen LogP contribution in [-0.2, 0) is 4.79 Å². The average molecular weight is 273 g/mol. The van der Waals surface area contributed by atoms with Crippen molar-refractivity contribution < 1.29 is 14.7 Å². The zero-order valence-electron chi connectivity index (χ0n) is 7.66. The molecule has 0 heterocycles. The van der Waals surface area contributed by atoms with Crippen molar-refractivity contribution in [2.75, 3.05) is 11.9 Å². The van der Waals surface area contributed by atoms with E-state index in [0.717, 1.165) is 0 Å². The number of hydrogen-bond donors (Lipinski definition) is 3. The number of benzene rings is 1. The number of carbonyl (C=O) groups excluding carboxylic acids is 1. The number of halogens is 1. The molecule has 0 saturated heterocycles. The van der Waals surface area contributed by atoms with Crippen LogP contribution in [0.2, 0.25) is 0 Å². The minimum absolute atomic E-state index is 0.0885. The third kappa shape index (κ3) is 3.25. The summed E-state index contributed by atoms with van der Waals surface area (Å²) >= 11 is 3.16. The fourth-order valence-electron chi connectivity index (χ4n) is 1.03. The number of amides is 1. The Balaban J connectivity index is 2.95. The third-order valence-electron chi connectivity index (χ3n) is 1.67. The van der Waals surface area contributed by atoms with Gasteiger partial charge in [-0.2, -0.15) is 0 Å². The largest absolute Gasteiger partial charge is 0.478 e. The first-order valence-electron chi connectivity index (χ1n) is 4.05. The molecular formula is C9H9BrN2O3. The van der Waals surface area contributed by atoms with E-state index in [-0.39, 0.29) is 12.1 Å². The topological polar surface area (TPSA) is 92.4 Å². The maximum Gasteiger partial charge on any atom is 0.337 e. The maximum absolute atomic E-state index is 10.8. The van der Waals surface area contributed by atoms with Gasteiger partial charge in [-0.25, -0.2) is 4.79 Å². The number of carboxylic acid groups (broad SMARTS) is 1. The van der Waals surface area contributed by atoms with Crippen molar-refractivity contribution in [3.05, 3.63) is 28.2 Å². The van der Waals surface area contributed by atoms with E-state index in [1.807, 2.05) is 0 Å². The Morgan fingerprint density at radius 3 is 2.67 bits per heavy atom. The summed E-state index contributed by atoms with van der Waals surface area (Å²) in [6.45, 7) is -0.0953. The van der Waals surface area contributed by atoms with Gasteiger partial charge < -0.3 is 16.2 Å². The van der Waals surface area contributed by atoms with Crippen LogP contribution >= 0.6 is 15.9 Å². The third-order valence-corrected chi connectivity index (χ3v) is 2.16. The Morgan fingerprint density at radius 2 is 2.13 bits per heavy atom. The molecule has 80 valence electrons. The number of primary amides is 1. The molecule has 1 aromatic rings. The minimum Gasteiger partial charge on any atom is -0.478 e. The molecule has 0 aliphatic heterocycles. The lowest BCUT2D eigenvalue weighted by Crippen LogP contribution is -2.22. The standard InChI is InChI=1S/C9H9BrN2O3/c10-5-1-2-7(12-4-8(11)13)6(3-5)9(14)15/h1-3,12H,4H2,(H2,11,13)(H,14,15). The van der Waals surface area contributed by atoms with E-state index in [2.05, 4.69) is 21.2 Å². The molecule has 1 amide bonds. The average Bonchev–Trinajstić information content (AvgIpc) is 2.15. The molecular weight excluding hydrogens is 264 g/mol. The zero-order chi connectivity index (χ0) is 11.4. The summed E-state index contributed by atoms with van der Waals surface area (Å²) < 4.78 is 0.657. The molecule has 15 heavy (non-hydrogen) atoms. The van der Waals surface area contributed by atoms with E-state index in [1.165, 1.54) is 6.07 Å². The molecule has 0 unspecified atom stereocenters. The summed E-state index contributed by atoms with van der Waals surface area (Å²) in [7, 11) is 0. The number of hydrogen-bond acceptors (Lipinski definition) is 3. The summed E-state index contributed by atoms with van der Waals surface area (Å²) in [5, 5.41) is 11.5. The lowest BCUT2D eigenvalue weighted by molar-refractivity contribution is -0.116. The molecule has 5 nitrogen and oxygen atoms in total. The predicted molar refractivity (Wildman–Crippen MR) is 58.8 cm³/mol. The first-order chi connectivity index (χ1) is 7.00. The first-order valence-corrected chi connectivity index (χ1v) is 4.85. The number of nitrogens with one attached hydrogen (secondary N) is 1. The highest BCUT2D eigenvalue weighted by Gasteiger charge is 2.10. The second-order valence-electron chi connectivity index (χ2n) is 2.81. The van der Waals surface area contributed by atoms with E-state index < -0.39 is 11.9 Å². The number of rotatable bonds is 4. The van der Waals surface area contributed by atoms with Crippen molar-refractivity contribution in [3.8, 4) is 0 Å². The molecule has 0 spiro atoms. The summed E-state index contributed by atoms with van der Waals surface area (Å²) in [6.07, 6.45) is 0. The monoisotopic (exact) mass is 272 g/mol. The lowest BCUT2D eigenvalue weighted by atomic mass is 10.2. The van der Waals surface area contributed by atoms with Gasteiger partial charge in [-0.05, 0) is 18.2 Å². The van der Waals surface area contributed by atoms with Crippen molar-refractivity contribution in [1.29, 1.82) is 0 Å². The van der Waals surface area contributed by atoms with E-state index in [0.29, 0.717) is 10.2 Å². The van der Waals surface area contributed by atoms with Crippen LogP contribution in [0.3, 0.4) is 0 Å². The van der Waals surface area contributed by atoms with Crippen LogP contribution in [0.4, 0.5) is 5.69 Å². The predicted octanol–water partition coefficient (Wildman–Crippen LogP) is 1.04. The molecule has 6 heteroatoms. The summed E-state index contributed by atoms with van der Waals surface area (Å²) in [5.74, 6) is -1.61. The Morgan fingerprint density at radius 1 is 1.47 bits per heavy atom. The summed E-state index contributed by atoms with van der Waals surface area (Å²) in [5.41, 5.74) is 5.39. The quantitative estimate of drug-likeness (QED) is 0.764. The first kappa shape index (κ1) is 11.5. The van der Waals surface area contributed by atoms with E-state index in [4.69, 9.17) is 10.8 Å². The SMILES string of the molecule is NC(=O)CNc1ccc(Br)cc1C(=O)O. The molecule has 0 aromatic heterocycles. The maximum atomic E-state index is 10.8. The van der Waals surface area contributed by atoms with Crippen molar-refractivity contribution in [3.63, 3.8) is 0 Å². The van der Waals surface area contributed by atoms with Gasteiger partial charge in [0.2, 0.25) is 5.91 Å². The zero-order valence-corrected chi connectivity index (χ0v) is 9.24. The summed E-state index contributed by atoms with van der Waals surface area (Å²) in [4.78, 5) is 21.4. The van der Waals surface area contributed by atoms with Crippen LogP contribution in [0.1, 0.15) is 10.4 Å². The van der Waals surface area contributed by atoms with Crippen LogP contribution < -0.4 is 11.1 Å². The molecule has 0 aliphatic carbocycles. The van der Waals surface area contributed by atoms with Gasteiger partial charge in [0.15, 0.2) is 0 Å². The Bertz CT molecular complexity index is 406. The normalized spacial score (nSPS) is 9.67. The van der Waals surface area contributed by atoms with Crippen LogP contribution in [-0.4, -0.2) is 23.5 Å². The number of carbonyl (C=O) groups is 2. The minimum atomic E-state index is -1.07. The van der Waals surface area contributed by atoms with Crippen LogP contribution in [0, 0.1) is 0 Å². The Hall–Kier alpha value is -1.56. The van der Waals surface area contributed by atoms with Crippen LogP contribution in [0.25, 0.3) is 0 Å². The van der Waals surface area contributed by atoms with Crippen molar-refractivity contribution >= 4 is 33.5 Å². The Kier molecular flexibility index (Phi) is 3.68. The highest BCUT2D eigenvalue weighted by atomic mass is 79.9. The fourth-order valence-corrected chi connectivity index (χ4v) is 1.39. The van der Waals surface area contributed by atoms with Gasteiger partial charge in [0.05, 0.1) is 12.1 Å². The number of anilines is 1. The molecule has 1 aromatic carbocycles. The number of carboxylic acids is 1. The second kappa shape index (κ2) is 4.79. The molecule has 0 radical (unpaired) electrons. The van der Waals surface area contributed by atoms with Crippen molar-refractivity contribution in [2.24, 2.45) is 5.73 Å². The smallest absolute Gasteiger partial charge is 0.337 e. The molecule has 0 atom stereocenters. The van der Waals surface area contributed by atoms with Gasteiger partial charge in [0.1, 0.15) is 0 Å². The lowest BCUT2D eigenvalue weighted by Gasteiger charge is -2.07. The van der Waals surface area contributed by atoms with Gasteiger partial charge in [-0.15, -0.1) is 0 Å². The number of aromatic carboxylic acids is 1. The molecule has 0 saturated carbocycles. The van der Waals surface area contributed by atoms with Crippen molar-refractivity contribution in [2.45, 2.75) is 0 Å². The highest BCUT2D eigenvalue weighted by Crippen LogP contribution is 2.20. The van der Waals surface area contributed by atoms with Crippen LogP contribution in [0.15, 0.2) is 22.7 Å². The van der Waals surface area contributed by atoms with E-state index in [1.54, 1.807) is 12.1 Å². The molecule has 0 bridgehead atoms. The van der Waals surface area contributed by atoms with Gasteiger partial charge in [-0.1, -0.05) is 15.9 Å². The number of nitrogens with two attached hydrogens (primary N) is 1. The highest BCUT2D eigenvalue weighted by molar-refractivity contribution is 9.10.